The van der Waals surface area contributed by atoms with Crippen LogP contribution in [-0.4, -0.2) is 27.1 Å². The van der Waals surface area contributed by atoms with E-state index in [1.165, 1.54) is 0 Å². The molecule has 0 fully saturated rings. The summed E-state index contributed by atoms with van der Waals surface area (Å²) < 4.78 is 0. The van der Waals surface area contributed by atoms with Gasteiger partial charge < -0.3 is 21.7 Å². The maximum absolute atomic E-state index is 10.7. The van der Waals surface area contributed by atoms with Gasteiger partial charge in [0, 0.05) is 16.7 Å². The van der Waals surface area contributed by atoms with E-state index in [9.17, 15) is 25.1 Å². The molecule has 2 atom stereocenters. The van der Waals surface area contributed by atoms with Gasteiger partial charge in [-0.25, -0.2) is 0 Å². The molecule has 19 heavy (non-hydrogen) atoms. The van der Waals surface area contributed by atoms with Crippen molar-refractivity contribution in [2.45, 2.75) is 18.6 Å². The van der Waals surface area contributed by atoms with Crippen molar-refractivity contribution >= 4 is 28.9 Å². The van der Waals surface area contributed by atoms with Crippen molar-refractivity contribution in [3.63, 3.8) is 0 Å². The lowest BCUT2D eigenvalue weighted by atomic mass is 10.0. The molecule has 6 N–H and O–H groups in total. The largest absolute Gasteiger partial charge is 0.393 e. The molecule has 8 nitrogen and oxygen atoms in total. The van der Waals surface area contributed by atoms with Crippen molar-refractivity contribution in [3.05, 3.63) is 32.8 Å². The third-order valence-electron chi connectivity index (χ3n) is 2.44. The van der Waals surface area contributed by atoms with Gasteiger partial charge >= 0.3 is 0 Å². The minimum Gasteiger partial charge on any atom is -0.393 e. The summed E-state index contributed by atoms with van der Waals surface area (Å²) in [6.45, 7) is 0. The highest BCUT2D eigenvalue weighted by Gasteiger charge is 2.26. The van der Waals surface area contributed by atoms with Gasteiger partial charge in [-0.2, -0.15) is 0 Å². The van der Waals surface area contributed by atoms with E-state index in [1.807, 2.05) is 0 Å². The van der Waals surface area contributed by atoms with Gasteiger partial charge in [0.15, 0.2) is 0 Å². The lowest BCUT2D eigenvalue weighted by molar-refractivity contribution is -0.384. The Morgan fingerprint density at radius 2 is 2.05 bits per heavy atom. The fourth-order valence-electron chi connectivity index (χ4n) is 1.50. The molecule has 0 saturated heterocycles. The standard InChI is InChI=1S/C10H12ClN3O5/c11-5-2-6(12)7(14(18)19)1-4(5)10(17)8(15)3-9(13)16/h1-2,8,10,15,17H,3,12H2,(H2,13,16). The van der Waals surface area contributed by atoms with Gasteiger partial charge in [-0.3, -0.25) is 14.9 Å². The molecule has 0 bridgehead atoms. The smallest absolute Gasteiger partial charge is 0.292 e. The number of carbonyl (C=O) groups excluding carboxylic acids is 1. The number of rotatable bonds is 5. The second-order valence-corrected chi connectivity index (χ2v) is 4.28. The summed E-state index contributed by atoms with van der Waals surface area (Å²) in [5, 5.41) is 30.0. The van der Waals surface area contributed by atoms with Gasteiger partial charge in [0.05, 0.1) is 17.4 Å². The fourth-order valence-corrected chi connectivity index (χ4v) is 1.79. The molecule has 0 aromatic heterocycles. The third kappa shape index (κ3) is 3.53. The summed E-state index contributed by atoms with van der Waals surface area (Å²) >= 11 is 5.79. The molecule has 9 heteroatoms. The number of primary amides is 1. The SMILES string of the molecule is NC(=O)CC(O)C(O)c1cc([N+](=O)[O-])c(N)cc1Cl. The Morgan fingerprint density at radius 3 is 2.53 bits per heavy atom. The van der Waals surface area contributed by atoms with Gasteiger partial charge in [0.25, 0.3) is 5.69 Å². The van der Waals surface area contributed by atoms with Crippen LogP contribution in [0.5, 0.6) is 0 Å². The van der Waals surface area contributed by atoms with Crippen LogP contribution >= 0.6 is 11.6 Å². The lowest BCUT2D eigenvalue weighted by Gasteiger charge is -2.18. The number of carbonyl (C=O) groups is 1. The van der Waals surface area contributed by atoms with E-state index in [2.05, 4.69) is 0 Å². The Kier molecular flexibility index (Phi) is 4.65. The molecular formula is C10H12ClN3O5. The number of nitrogens with zero attached hydrogens (tertiary/aromatic N) is 1. The van der Waals surface area contributed by atoms with Crippen LogP contribution in [0.1, 0.15) is 18.1 Å². The predicted octanol–water partition coefficient (Wildman–Crippen LogP) is 0.100. The highest BCUT2D eigenvalue weighted by molar-refractivity contribution is 6.31. The number of amides is 1. The topological polar surface area (TPSA) is 153 Å². The van der Waals surface area contributed by atoms with E-state index in [4.69, 9.17) is 23.1 Å². The zero-order chi connectivity index (χ0) is 14.7. The maximum Gasteiger partial charge on any atom is 0.292 e. The number of benzene rings is 1. The van der Waals surface area contributed by atoms with Gasteiger partial charge in [0.2, 0.25) is 5.91 Å². The molecule has 1 rings (SSSR count). The second kappa shape index (κ2) is 5.83. The van der Waals surface area contributed by atoms with E-state index in [1.54, 1.807) is 0 Å². The average molecular weight is 290 g/mol. The van der Waals surface area contributed by atoms with E-state index in [0.29, 0.717) is 0 Å². The monoisotopic (exact) mass is 289 g/mol. The van der Waals surface area contributed by atoms with Crippen molar-refractivity contribution in [2.24, 2.45) is 5.73 Å². The quantitative estimate of drug-likeness (QED) is 0.342. The number of nitro benzene ring substituents is 1. The van der Waals surface area contributed by atoms with E-state index in [0.717, 1.165) is 12.1 Å². The minimum absolute atomic E-state index is 0.0564. The van der Waals surface area contributed by atoms with Gasteiger partial charge in [-0.05, 0) is 6.07 Å². The Hall–Kier alpha value is -1.90. The number of nitro groups is 1. The second-order valence-electron chi connectivity index (χ2n) is 3.87. The number of aliphatic hydroxyl groups excluding tert-OH is 2. The molecule has 1 amide bonds. The van der Waals surface area contributed by atoms with Crippen LogP contribution in [-0.2, 0) is 4.79 Å². The molecule has 0 radical (unpaired) electrons. The number of nitrogens with two attached hydrogens (primary N) is 2. The lowest BCUT2D eigenvalue weighted by Crippen LogP contribution is -2.26. The van der Waals surface area contributed by atoms with E-state index < -0.39 is 35.1 Å². The number of hydrogen-bond donors (Lipinski definition) is 4. The molecule has 0 heterocycles. The Bertz CT molecular complexity index is 522. The summed E-state index contributed by atoms with van der Waals surface area (Å²) in [7, 11) is 0. The molecule has 104 valence electrons. The first kappa shape index (κ1) is 15.2. The molecule has 1 aromatic rings. The molecule has 0 aliphatic rings. The average Bonchev–Trinajstić information content (AvgIpc) is 2.26. The summed E-state index contributed by atoms with van der Waals surface area (Å²) in [5.41, 5.74) is 9.56. The molecular weight excluding hydrogens is 278 g/mol. The van der Waals surface area contributed by atoms with Crippen LogP contribution in [0.15, 0.2) is 12.1 Å². The normalized spacial score (nSPS) is 13.8. The maximum atomic E-state index is 10.7. The van der Waals surface area contributed by atoms with Crippen LogP contribution in [0.25, 0.3) is 0 Å². The number of halogens is 1. The van der Waals surface area contributed by atoms with Gasteiger partial charge in [0.1, 0.15) is 11.8 Å². The van der Waals surface area contributed by atoms with E-state index >= 15 is 0 Å². The number of nitrogen functional groups attached to an aromatic ring is 1. The van der Waals surface area contributed by atoms with Gasteiger partial charge in [-0.15, -0.1) is 0 Å². The minimum atomic E-state index is -1.58. The van der Waals surface area contributed by atoms with Crippen LogP contribution < -0.4 is 11.5 Å². The van der Waals surface area contributed by atoms with Crippen LogP contribution in [0.2, 0.25) is 5.02 Å². The van der Waals surface area contributed by atoms with Crippen molar-refractivity contribution in [2.75, 3.05) is 5.73 Å². The zero-order valence-corrected chi connectivity index (χ0v) is 10.4. The predicted molar refractivity (Wildman–Crippen MR) is 67.3 cm³/mol. The summed E-state index contributed by atoms with van der Waals surface area (Å²) in [4.78, 5) is 20.6. The summed E-state index contributed by atoms with van der Waals surface area (Å²) in [6, 6.07) is 2.04. The molecule has 0 saturated carbocycles. The van der Waals surface area contributed by atoms with Crippen molar-refractivity contribution in [1.82, 2.24) is 0 Å². The summed E-state index contributed by atoms with van der Waals surface area (Å²) in [6.07, 6.45) is -3.60. The highest BCUT2D eigenvalue weighted by atomic mass is 35.5. The van der Waals surface area contributed by atoms with Crippen molar-refractivity contribution in [1.29, 1.82) is 0 Å². The fraction of sp³-hybridized carbons (Fsp3) is 0.300. The third-order valence-corrected chi connectivity index (χ3v) is 2.76. The Morgan fingerprint density at radius 1 is 1.47 bits per heavy atom. The number of hydrogen-bond acceptors (Lipinski definition) is 6. The summed E-state index contributed by atoms with van der Waals surface area (Å²) in [5.74, 6) is -0.826. The first-order chi connectivity index (χ1) is 8.73. The number of anilines is 1. The zero-order valence-electron chi connectivity index (χ0n) is 9.62. The van der Waals surface area contributed by atoms with Crippen molar-refractivity contribution in [3.8, 4) is 0 Å². The first-order valence-electron chi connectivity index (χ1n) is 5.11. The number of aliphatic hydroxyl groups is 2. The van der Waals surface area contributed by atoms with E-state index in [-0.39, 0.29) is 16.3 Å². The highest BCUT2D eigenvalue weighted by Crippen LogP contribution is 2.34. The molecule has 0 aliphatic carbocycles. The van der Waals surface area contributed by atoms with Crippen LogP contribution in [0, 0.1) is 10.1 Å². The van der Waals surface area contributed by atoms with Crippen LogP contribution in [0.4, 0.5) is 11.4 Å². The molecule has 1 aromatic carbocycles. The molecule has 0 aliphatic heterocycles. The Labute approximate surface area is 112 Å². The first-order valence-corrected chi connectivity index (χ1v) is 5.49. The van der Waals surface area contributed by atoms with Gasteiger partial charge in [-0.1, -0.05) is 11.6 Å². The van der Waals surface area contributed by atoms with Crippen molar-refractivity contribution < 1.29 is 19.9 Å². The van der Waals surface area contributed by atoms with Crippen LogP contribution in [0.3, 0.4) is 0 Å². The molecule has 2 unspecified atom stereocenters. The molecule has 0 spiro atoms. The Balaban J connectivity index is 3.15.